The molecule has 18 heteroatoms. The molecule has 5 amide bonds. The lowest BCUT2D eigenvalue weighted by Crippen LogP contribution is -2.59. The molecule has 5 saturated heterocycles. The van der Waals surface area contributed by atoms with Crippen LogP contribution < -0.4 is 20.4 Å². The Kier molecular flexibility index (Phi) is 11.1. The van der Waals surface area contributed by atoms with E-state index < -0.39 is 34.5 Å². The summed E-state index contributed by atoms with van der Waals surface area (Å²) in [6, 6.07) is 13.1. The van der Waals surface area contributed by atoms with Gasteiger partial charge in [0, 0.05) is 93.2 Å². The summed E-state index contributed by atoms with van der Waals surface area (Å²) in [5.41, 5.74) is 3.24. The number of imide groups is 1. The molecular formula is C55H65F2N11O5. The number of likely N-dealkylation sites (tertiary alicyclic amines) is 3. The standard InChI is InChI=1S/C55H65F2N11O5/c1-32(2)67-31-59-42-27-41(61-48(47(42)67)60-36-8-9-36)34-6-11-40-43(24-34)68(38-25-37(26-38)63-18-4-3-5-19-63)51(72)53(40)16-22-65(23-17-53)52(73)54-30-66(29-44(54)55(54,56)57)50(71)33-14-20-64(21-15-33)45-12-7-35(28-58-45)39-10-13-46(69)62-49(39)70/h6-7,11-12,24,27-28,31-33,36-39,44H,3-5,8-10,13-23,25-26,29-30H2,1-2H3,(H,60,61)(H,62,69,70)/t37?,38?,39-,44?,54?/m1/s1. The van der Waals surface area contributed by atoms with Crippen LogP contribution in [0.1, 0.15) is 120 Å². The lowest BCUT2D eigenvalue weighted by molar-refractivity contribution is -0.147. The van der Waals surface area contributed by atoms with Gasteiger partial charge in [0.2, 0.25) is 29.5 Å². The third-order valence-electron chi connectivity index (χ3n) is 18.6. The molecule has 1 spiro atoms. The zero-order valence-corrected chi connectivity index (χ0v) is 41.8. The van der Waals surface area contributed by atoms with Crippen molar-refractivity contribution in [3.63, 3.8) is 0 Å². The van der Waals surface area contributed by atoms with E-state index in [1.165, 1.54) is 24.2 Å². The van der Waals surface area contributed by atoms with Crippen molar-refractivity contribution in [2.24, 2.45) is 17.3 Å². The lowest BCUT2D eigenvalue weighted by atomic mass is 9.73. The van der Waals surface area contributed by atoms with Gasteiger partial charge in [-0.1, -0.05) is 24.6 Å². The number of hydrogen-bond donors (Lipinski definition) is 2. The Morgan fingerprint density at radius 3 is 2.32 bits per heavy atom. The van der Waals surface area contributed by atoms with Crippen molar-refractivity contribution in [1.29, 1.82) is 0 Å². The van der Waals surface area contributed by atoms with Crippen LogP contribution in [-0.2, 0) is 29.4 Å². The summed E-state index contributed by atoms with van der Waals surface area (Å²) in [6.07, 6.45) is 13.6. The van der Waals surface area contributed by atoms with E-state index in [9.17, 15) is 19.2 Å². The lowest BCUT2D eigenvalue weighted by Gasteiger charge is -2.48. The number of halogens is 2. The predicted octanol–water partition coefficient (Wildman–Crippen LogP) is 6.40. The van der Waals surface area contributed by atoms with Crippen molar-refractivity contribution in [3.8, 4) is 11.3 Å². The Labute approximate surface area is 423 Å². The van der Waals surface area contributed by atoms with Gasteiger partial charge in [0.25, 0.3) is 5.92 Å². The predicted molar refractivity (Wildman–Crippen MR) is 269 cm³/mol. The Bertz CT molecular complexity index is 2910. The van der Waals surface area contributed by atoms with E-state index in [2.05, 4.69) is 66.9 Å². The van der Waals surface area contributed by atoms with E-state index in [-0.39, 0.29) is 74.2 Å². The van der Waals surface area contributed by atoms with Crippen molar-refractivity contribution in [1.82, 2.24) is 39.5 Å². The number of amides is 5. The quantitative estimate of drug-likeness (QED) is 0.169. The van der Waals surface area contributed by atoms with E-state index in [4.69, 9.17) is 9.97 Å². The fourth-order valence-corrected chi connectivity index (χ4v) is 14.0. The van der Waals surface area contributed by atoms with Crippen LogP contribution in [-0.4, -0.2) is 140 Å². The summed E-state index contributed by atoms with van der Waals surface area (Å²) in [7, 11) is 0. The molecular weight excluding hydrogens is 933 g/mol. The number of anilines is 3. The van der Waals surface area contributed by atoms with Crippen LogP contribution in [0.3, 0.4) is 0 Å². The molecule has 9 aliphatic rings. The number of fused-ring (bicyclic) bond motifs is 4. The first-order valence-corrected chi connectivity index (χ1v) is 27.1. The Morgan fingerprint density at radius 2 is 1.62 bits per heavy atom. The van der Waals surface area contributed by atoms with Gasteiger partial charge in [-0.05, 0) is 127 Å². The van der Waals surface area contributed by atoms with E-state index in [1.54, 1.807) is 11.1 Å². The number of nitrogens with zero attached hydrogens (tertiary/aromatic N) is 9. The van der Waals surface area contributed by atoms with E-state index in [1.807, 2.05) is 24.5 Å². The third-order valence-corrected chi connectivity index (χ3v) is 18.6. The van der Waals surface area contributed by atoms with E-state index >= 15 is 13.6 Å². The van der Waals surface area contributed by atoms with Gasteiger partial charge in [-0.15, -0.1) is 0 Å². The molecule has 3 saturated carbocycles. The number of carbonyl (C=O) groups excluding carboxylic acids is 5. The molecule has 6 aliphatic heterocycles. The Morgan fingerprint density at radius 1 is 0.849 bits per heavy atom. The molecule has 384 valence electrons. The highest BCUT2D eigenvalue weighted by atomic mass is 19.3. The summed E-state index contributed by atoms with van der Waals surface area (Å²) in [5.74, 6) is -5.04. The monoisotopic (exact) mass is 998 g/mol. The minimum atomic E-state index is -3.22. The number of imidazole rings is 1. The van der Waals surface area contributed by atoms with Crippen LogP contribution in [0.4, 0.5) is 26.1 Å². The second-order valence-electron chi connectivity index (χ2n) is 23.1. The number of rotatable bonds is 10. The summed E-state index contributed by atoms with van der Waals surface area (Å²) in [5, 5.41) is 6.06. The van der Waals surface area contributed by atoms with Crippen LogP contribution in [0.5, 0.6) is 0 Å². The van der Waals surface area contributed by atoms with Crippen molar-refractivity contribution in [3.05, 3.63) is 60.0 Å². The van der Waals surface area contributed by atoms with Gasteiger partial charge in [0.05, 0.1) is 34.8 Å². The maximum Gasteiger partial charge on any atom is 0.270 e. The molecule has 3 aromatic heterocycles. The van der Waals surface area contributed by atoms with Crippen LogP contribution in [0.25, 0.3) is 22.3 Å². The van der Waals surface area contributed by atoms with Crippen molar-refractivity contribution in [2.75, 3.05) is 67.5 Å². The molecule has 1 aromatic carbocycles. The number of alkyl halides is 2. The van der Waals surface area contributed by atoms with Crippen LogP contribution in [0, 0.1) is 17.3 Å². The smallest absolute Gasteiger partial charge is 0.270 e. The molecule has 4 aromatic rings. The summed E-state index contributed by atoms with van der Waals surface area (Å²) in [4.78, 5) is 92.4. The zero-order chi connectivity index (χ0) is 50.1. The fraction of sp³-hybridized carbons (Fsp3) is 0.600. The van der Waals surface area contributed by atoms with Crippen molar-refractivity contribution in [2.45, 2.75) is 139 Å². The van der Waals surface area contributed by atoms with Gasteiger partial charge >= 0.3 is 0 Å². The molecule has 0 radical (unpaired) electrons. The molecule has 0 bridgehead atoms. The van der Waals surface area contributed by atoms with E-state index in [0.29, 0.717) is 57.3 Å². The van der Waals surface area contributed by atoms with Gasteiger partial charge in [0.15, 0.2) is 5.82 Å². The van der Waals surface area contributed by atoms with Gasteiger partial charge in [-0.2, -0.15) is 0 Å². The number of carbonyl (C=O) groups is 5. The Balaban J connectivity index is 0.705. The molecule has 8 fully saturated rings. The highest BCUT2D eigenvalue weighted by Gasteiger charge is 2.88. The first kappa shape index (κ1) is 46.7. The highest BCUT2D eigenvalue weighted by molar-refractivity contribution is 6.10. The number of aromatic nitrogens is 4. The van der Waals surface area contributed by atoms with Crippen LogP contribution in [0.2, 0.25) is 0 Å². The SMILES string of the molecule is CC(C)n1cnc2cc(-c3ccc4c(c3)N(C3CC(N5CCCCC5)C3)C(=O)C43CCN(C(=O)C45CN(C(=O)C6CCN(c7ccc([C@H]8CCC(=O)NC8=O)cn7)CC6)CC4C5(F)F)CC3)nc(NC3CC3)c21. The van der Waals surface area contributed by atoms with Crippen LogP contribution >= 0.6 is 0 Å². The van der Waals surface area contributed by atoms with Crippen LogP contribution in [0.15, 0.2) is 48.9 Å². The number of benzene rings is 1. The van der Waals surface area contributed by atoms with Gasteiger partial charge < -0.3 is 34.4 Å². The van der Waals surface area contributed by atoms with Gasteiger partial charge in [-0.25, -0.2) is 23.7 Å². The number of hydrogen-bond acceptors (Lipinski definition) is 11. The normalized spacial score (nSPS) is 28.9. The third kappa shape index (κ3) is 7.48. The summed E-state index contributed by atoms with van der Waals surface area (Å²) < 4.78 is 34.1. The zero-order valence-electron chi connectivity index (χ0n) is 41.8. The molecule has 3 aliphatic carbocycles. The largest absolute Gasteiger partial charge is 0.366 e. The first-order chi connectivity index (χ1) is 35.2. The molecule has 2 N–H and O–H groups in total. The second-order valence-corrected chi connectivity index (χ2v) is 23.1. The highest BCUT2D eigenvalue weighted by Crippen LogP contribution is 2.70. The number of pyridine rings is 2. The van der Waals surface area contributed by atoms with Crippen molar-refractivity contribution >= 4 is 57.9 Å². The van der Waals surface area contributed by atoms with E-state index in [0.717, 1.165) is 89.5 Å². The maximum absolute atomic E-state index is 16.0. The fourth-order valence-electron chi connectivity index (χ4n) is 14.0. The second kappa shape index (κ2) is 17.3. The average molecular weight is 998 g/mol. The summed E-state index contributed by atoms with van der Waals surface area (Å²) in [6.45, 7) is 7.45. The molecule has 2 unspecified atom stereocenters. The number of nitrogens with one attached hydrogen (secondary N) is 2. The average Bonchev–Trinajstić information content (AvgIpc) is 4.10. The minimum absolute atomic E-state index is 0.0332. The first-order valence-electron chi connectivity index (χ1n) is 27.1. The maximum atomic E-state index is 16.0. The Hall–Kier alpha value is -6.04. The summed E-state index contributed by atoms with van der Waals surface area (Å²) >= 11 is 0. The molecule has 9 heterocycles. The van der Waals surface area contributed by atoms with Gasteiger partial charge in [-0.3, -0.25) is 29.3 Å². The van der Waals surface area contributed by atoms with Gasteiger partial charge in [0.1, 0.15) is 16.7 Å². The molecule has 73 heavy (non-hydrogen) atoms. The molecule has 16 nitrogen and oxygen atoms in total. The molecule has 3 atom stereocenters. The minimum Gasteiger partial charge on any atom is -0.366 e. The van der Waals surface area contributed by atoms with Crippen molar-refractivity contribution < 1.29 is 32.8 Å². The number of piperidine rings is 5. The topological polar surface area (TPSA) is 169 Å². The molecule has 13 rings (SSSR count).